The van der Waals surface area contributed by atoms with Gasteiger partial charge in [0.1, 0.15) is 17.2 Å². The van der Waals surface area contributed by atoms with Crippen molar-refractivity contribution in [1.82, 2.24) is 14.5 Å². The summed E-state index contributed by atoms with van der Waals surface area (Å²) in [5.41, 5.74) is 1.58. The first-order valence-electron chi connectivity index (χ1n) is 11.0. The first-order valence-corrected chi connectivity index (χ1v) is 12.6. The number of halogens is 2. The molecule has 0 saturated carbocycles. The van der Waals surface area contributed by atoms with Gasteiger partial charge in [-0.05, 0) is 75.4 Å². The number of thiophene rings is 1. The summed E-state index contributed by atoms with van der Waals surface area (Å²) >= 11 is 13.7. The Morgan fingerprint density at radius 3 is 2.66 bits per heavy atom. The Hall–Kier alpha value is -1.93. The molecule has 0 radical (unpaired) electrons. The van der Waals surface area contributed by atoms with Crippen molar-refractivity contribution in [2.75, 3.05) is 18.4 Å². The van der Waals surface area contributed by atoms with Gasteiger partial charge < -0.3 is 5.32 Å². The lowest BCUT2D eigenvalue weighted by atomic mass is 9.97. The highest BCUT2D eigenvalue weighted by Gasteiger charge is 2.24. The number of nitrogens with zero attached hydrogens (tertiary/aromatic N) is 3. The van der Waals surface area contributed by atoms with Gasteiger partial charge in [-0.25, -0.2) is 4.98 Å². The van der Waals surface area contributed by atoms with Crippen molar-refractivity contribution in [3.63, 3.8) is 0 Å². The SMILES string of the molecule is O=C(Cn1c(CN2CCCC2)nc2sc3c(c2c1=O)CCCC3)Nc1ccc(Cl)c(Cl)c1. The van der Waals surface area contributed by atoms with Crippen LogP contribution in [0, 0.1) is 0 Å². The van der Waals surface area contributed by atoms with Gasteiger partial charge in [0.25, 0.3) is 5.56 Å². The molecule has 32 heavy (non-hydrogen) atoms. The fourth-order valence-electron chi connectivity index (χ4n) is 4.62. The maximum atomic E-state index is 13.6. The maximum Gasteiger partial charge on any atom is 0.263 e. The summed E-state index contributed by atoms with van der Waals surface area (Å²) in [6.45, 7) is 2.47. The number of rotatable bonds is 5. The molecule has 0 unspecified atom stereocenters. The van der Waals surface area contributed by atoms with Gasteiger partial charge >= 0.3 is 0 Å². The second-order valence-corrected chi connectivity index (χ2v) is 10.4. The fraction of sp³-hybridized carbons (Fsp3) is 0.435. The Balaban J connectivity index is 1.51. The summed E-state index contributed by atoms with van der Waals surface area (Å²) in [7, 11) is 0. The van der Waals surface area contributed by atoms with Crippen LogP contribution in [-0.4, -0.2) is 33.4 Å². The predicted molar refractivity (Wildman–Crippen MR) is 130 cm³/mol. The number of fused-ring (bicyclic) bond motifs is 3. The normalized spacial score (nSPS) is 16.4. The molecule has 1 N–H and O–H groups in total. The van der Waals surface area contributed by atoms with Crippen LogP contribution in [0.5, 0.6) is 0 Å². The minimum Gasteiger partial charge on any atom is -0.324 e. The minimum atomic E-state index is -0.293. The molecule has 2 aromatic heterocycles. The predicted octanol–water partition coefficient (Wildman–Crippen LogP) is 4.88. The quantitative estimate of drug-likeness (QED) is 0.553. The molecule has 9 heteroatoms. The van der Waals surface area contributed by atoms with Crippen LogP contribution in [-0.2, 0) is 30.7 Å². The van der Waals surface area contributed by atoms with Gasteiger partial charge in [-0.2, -0.15) is 0 Å². The first-order chi connectivity index (χ1) is 15.5. The molecular weight excluding hydrogens is 467 g/mol. The Morgan fingerprint density at radius 2 is 1.88 bits per heavy atom. The van der Waals surface area contributed by atoms with Crippen LogP contribution in [0.25, 0.3) is 10.2 Å². The average Bonchev–Trinajstić information content (AvgIpc) is 3.41. The second-order valence-electron chi connectivity index (χ2n) is 8.47. The molecule has 1 aromatic carbocycles. The van der Waals surface area contributed by atoms with Gasteiger partial charge in [-0.15, -0.1) is 11.3 Å². The van der Waals surface area contributed by atoms with Crippen molar-refractivity contribution < 1.29 is 4.79 Å². The lowest BCUT2D eigenvalue weighted by molar-refractivity contribution is -0.116. The third-order valence-corrected chi connectivity index (χ3v) is 8.15. The van der Waals surface area contributed by atoms with Crippen LogP contribution in [0.15, 0.2) is 23.0 Å². The van der Waals surface area contributed by atoms with E-state index in [4.69, 9.17) is 28.2 Å². The second kappa shape index (κ2) is 9.14. The van der Waals surface area contributed by atoms with Gasteiger partial charge in [0.2, 0.25) is 5.91 Å². The molecule has 5 rings (SSSR count). The summed E-state index contributed by atoms with van der Waals surface area (Å²) in [4.78, 5) is 35.8. The monoisotopic (exact) mass is 490 g/mol. The number of benzene rings is 1. The van der Waals surface area contributed by atoms with E-state index in [1.165, 1.54) is 4.88 Å². The summed E-state index contributed by atoms with van der Waals surface area (Å²) in [6, 6.07) is 4.93. The molecule has 0 bridgehead atoms. The zero-order chi connectivity index (χ0) is 22.2. The van der Waals surface area contributed by atoms with Gasteiger partial charge in [-0.1, -0.05) is 23.2 Å². The minimum absolute atomic E-state index is 0.0875. The van der Waals surface area contributed by atoms with Crippen LogP contribution in [0.4, 0.5) is 5.69 Å². The van der Waals surface area contributed by atoms with E-state index in [0.29, 0.717) is 33.5 Å². The molecule has 1 amide bonds. The number of carbonyl (C=O) groups excluding carboxylic acids is 1. The summed E-state index contributed by atoms with van der Waals surface area (Å²) in [6.07, 6.45) is 6.46. The Morgan fingerprint density at radius 1 is 1.09 bits per heavy atom. The summed E-state index contributed by atoms with van der Waals surface area (Å²) < 4.78 is 1.56. The molecular formula is C23H24Cl2N4O2S. The van der Waals surface area contributed by atoms with Crippen molar-refractivity contribution in [3.8, 4) is 0 Å². The smallest absolute Gasteiger partial charge is 0.263 e. The molecule has 1 aliphatic heterocycles. The highest BCUT2D eigenvalue weighted by molar-refractivity contribution is 7.18. The van der Waals surface area contributed by atoms with E-state index in [9.17, 15) is 9.59 Å². The highest BCUT2D eigenvalue weighted by Crippen LogP contribution is 2.34. The molecule has 1 fully saturated rings. The molecule has 1 saturated heterocycles. The van der Waals surface area contributed by atoms with Crippen LogP contribution in [0.3, 0.4) is 0 Å². The number of aromatic nitrogens is 2. The average molecular weight is 491 g/mol. The number of hydrogen-bond donors (Lipinski definition) is 1. The van der Waals surface area contributed by atoms with Crippen LogP contribution in [0.1, 0.15) is 41.9 Å². The van der Waals surface area contributed by atoms with Crippen molar-refractivity contribution in [1.29, 1.82) is 0 Å². The number of likely N-dealkylation sites (tertiary alicyclic amines) is 1. The molecule has 0 spiro atoms. The van der Waals surface area contributed by atoms with Crippen LogP contribution < -0.4 is 10.9 Å². The van der Waals surface area contributed by atoms with E-state index in [1.807, 2.05) is 0 Å². The number of carbonyl (C=O) groups is 1. The van der Waals surface area contributed by atoms with E-state index in [0.717, 1.165) is 62.0 Å². The lowest BCUT2D eigenvalue weighted by Gasteiger charge is -2.18. The zero-order valence-corrected chi connectivity index (χ0v) is 20.0. The van der Waals surface area contributed by atoms with E-state index in [-0.39, 0.29) is 18.0 Å². The van der Waals surface area contributed by atoms with Gasteiger partial charge in [-0.3, -0.25) is 19.1 Å². The molecule has 3 aromatic rings. The fourth-order valence-corrected chi connectivity index (χ4v) is 6.19. The van der Waals surface area contributed by atoms with Gasteiger partial charge in [0, 0.05) is 10.6 Å². The molecule has 168 valence electrons. The summed E-state index contributed by atoms with van der Waals surface area (Å²) in [5, 5.41) is 4.32. The lowest BCUT2D eigenvalue weighted by Crippen LogP contribution is -2.33. The van der Waals surface area contributed by atoms with E-state index in [2.05, 4.69) is 10.2 Å². The third-order valence-electron chi connectivity index (χ3n) is 6.22. The van der Waals surface area contributed by atoms with Crippen LogP contribution >= 0.6 is 34.5 Å². The highest BCUT2D eigenvalue weighted by atomic mass is 35.5. The molecule has 0 atom stereocenters. The summed E-state index contributed by atoms with van der Waals surface area (Å²) in [5.74, 6) is 0.366. The van der Waals surface area contributed by atoms with Crippen molar-refractivity contribution >= 4 is 56.3 Å². The molecule has 2 aliphatic rings. The third kappa shape index (κ3) is 4.31. The van der Waals surface area contributed by atoms with Crippen molar-refractivity contribution in [2.24, 2.45) is 0 Å². The van der Waals surface area contributed by atoms with Gasteiger partial charge in [0.05, 0.1) is 22.0 Å². The molecule has 1 aliphatic carbocycles. The molecule has 3 heterocycles. The number of hydrogen-bond acceptors (Lipinski definition) is 5. The largest absolute Gasteiger partial charge is 0.324 e. The Bertz CT molecular complexity index is 1250. The standard InChI is InChI=1S/C23H24Cl2N4O2S/c24-16-8-7-14(11-17(16)25)26-20(30)13-29-19(12-28-9-3-4-10-28)27-22-21(23(29)31)15-5-1-2-6-18(15)32-22/h7-8,11H,1-6,9-10,12-13H2,(H,26,30). The zero-order valence-electron chi connectivity index (χ0n) is 17.6. The Labute approximate surface area is 200 Å². The van der Waals surface area contributed by atoms with Crippen molar-refractivity contribution in [2.45, 2.75) is 51.6 Å². The van der Waals surface area contributed by atoms with Gasteiger partial charge in [0.15, 0.2) is 0 Å². The van der Waals surface area contributed by atoms with E-state index < -0.39 is 0 Å². The number of nitrogens with one attached hydrogen (secondary N) is 1. The molecule has 6 nitrogen and oxygen atoms in total. The number of amides is 1. The van der Waals surface area contributed by atoms with E-state index in [1.54, 1.807) is 34.1 Å². The van der Waals surface area contributed by atoms with E-state index >= 15 is 0 Å². The van der Waals surface area contributed by atoms with Crippen LogP contribution in [0.2, 0.25) is 10.0 Å². The maximum absolute atomic E-state index is 13.6. The first kappa shape index (κ1) is 21.9. The topological polar surface area (TPSA) is 67.2 Å². The number of aryl methyl sites for hydroxylation is 2. The number of anilines is 1. The Kier molecular flexibility index (Phi) is 6.25. The van der Waals surface area contributed by atoms with Crippen molar-refractivity contribution in [3.05, 3.63) is 54.9 Å².